The third kappa shape index (κ3) is 5.66. The monoisotopic (exact) mass is 413 g/mol. The van der Waals surface area contributed by atoms with Crippen molar-refractivity contribution in [2.24, 2.45) is 0 Å². The summed E-state index contributed by atoms with van der Waals surface area (Å²) in [5, 5.41) is 4.96. The molecule has 1 heterocycles. The Hall–Kier alpha value is -2.17. The van der Waals surface area contributed by atoms with Crippen LogP contribution in [0.5, 0.6) is 5.75 Å². The molecule has 1 aromatic rings. The zero-order valence-corrected chi connectivity index (χ0v) is 17.0. The molecule has 1 atom stereocenters. The molecule has 10 heteroatoms. The van der Waals surface area contributed by atoms with Crippen molar-refractivity contribution in [1.29, 1.82) is 0 Å². The Labute approximate surface area is 165 Å². The molecule has 2 rings (SSSR count). The molecular weight excluding hydrogens is 386 g/mol. The molecule has 156 valence electrons. The van der Waals surface area contributed by atoms with Gasteiger partial charge in [0.25, 0.3) is 0 Å². The second-order valence-electron chi connectivity index (χ2n) is 6.29. The zero-order chi connectivity index (χ0) is 20.6. The molecule has 0 unspecified atom stereocenters. The quantitative estimate of drug-likeness (QED) is 0.473. The lowest BCUT2D eigenvalue weighted by Gasteiger charge is -2.34. The highest BCUT2D eigenvalue weighted by Crippen LogP contribution is 2.23. The fraction of sp³-hybridized carbons (Fsp3) is 0.556. The van der Waals surface area contributed by atoms with Crippen LogP contribution in [-0.2, 0) is 24.3 Å². The van der Waals surface area contributed by atoms with E-state index in [9.17, 15) is 18.0 Å². The lowest BCUT2D eigenvalue weighted by molar-refractivity contribution is -0.140. The Kier molecular flexibility index (Phi) is 8.21. The van der Waals surface area contributed by atoms with Crippen LogP contribution in [0.3, 0.4) is 0 Å². The third-order valence-electron chi connectivity index (χ3n) is 4.28. The molecule has 9 nitrogen and oxygen atoms in total. The van der Waals surface area contributed by atoms with Crippen molar-refractivity contribution in [1.82, 2.24) is 14.9 Å². The molecule has 2 N–H and O–H groups in total. The number of carbonyl (C=O) groups excluding carboxylic acids is 2. The molecule has 0 bridgehead atoms. The maximum atomic E-state index is 13.0. The van der Waals surface area contributed by atoms with Gasteiger partial charge in [-0.2, -0.15) is 4.31 Å². The SMILES string of the molecule is CCCCNC(=O)C(=O)NC[C@H]1OCCCN1S(=O)(=O)c1ccc(OC)cc1. The minimum atomic E-state index is -3.82. The summed E-state index contributed by atoms with van der Waals surface area (Å²) in [6.45, 7) is 2.91. The number of nitrogens with zero attached hydrogens (tertiary/aromatic N) is 1. The largest absolute Gasteiger partial charge is 0.497 e. The summed E-state index contributed by atoms with van der Waals surface area (Å²) in [7, 11) is -2.32. The van der Waals surface area contributed by atoms with E-state index in [4.69, 9.17) is 9.47 Å². The van der Waals surface area contributed by atoms with Crippen LogP contribution < -0.4 is 15.4 Å². The number of hydrogen-bond acceptors (Lipinski definition) is 6. The minimum absolute atomic E-state index is 0.104. The predicted molar refractivity (Wildman–Crippen MR) is 102 cm³/mol. The molecule has 1 fully saturated rings. The third-order valence-corrected chi connectivity index (χ3v) is 6.18. The van der Waals surface area contributed by atoms with Gasteiger partial charge in [0.2, 0.25) is 10.0 Å². The first-order valence-electron chi connectivity index (χ1n) is 9.23. The van der Waals surface area contributed by atoms with Crippen LogP contribution in [0.2, 0.25) is 0 Å². The van der Waals surface area contributed by atoms with Gasteiger partial charge in [-0.3, -0.25) is 9.59 Å². The van der Waals surface area contributed by atoms with E-state index in [1.165, 1.54) is 23.5 Å². The van der Waals surface area contributed by atoms with Gasteiger partial charge in [0.05, 0.1) is 25.2 Å². The van der Waals surface area contributed by atoms with E-state index in [0.717, 1.165) is 12.8 Å². The predicted octanol–water partition coefficient (Wildman–Crippen LogP) is 0.465. The van der Waals surface area contributed by atoms with Crippen molar-refractivity contribution >= 4 is 21.8 Å². The average Bonchev–Trinajstić information content (AvgIpc) is 2.72. The molecule has 0 spiro atoms. The molecule has 2 amide bonds. The highest BCUT2D eigenvalue weighted by atomic mass is 32.2. The van der Waals surface area contributed by atoms with Crippen molar-refractivity contribution in [3.05, 3.63) is 24.3 Å². The van der Waals surface area contributed by atoms with Crippen molar-refractivity contribution < 1.29 is 27.5 Å². The Bertz CT molecular complexity index is 766. The van der Waals surface area contributed by atoms with Gasteiger partial charge in [-0.15, -0.1) is 0 Å². The lowest BCUT2D eigenvalue weighted by atomic mass is 10.3. The summed E-state index contributed by atoms with van der Waals surface area (Å²) in [6.07, 6.45) is 1.33. The highest BCUT2D eigenvalue weighted by Gasteiger charge is 2.34. The van der Waals surface area contributed by atoms with Crippen molar-refractivity contribution in [2.75, 3.05) is 33.4 Å². The summed E-state index contributed by atoms with van der Waals surface area (Å²) in [5.74, 6) is -1.01. The van der Waals surface area contributed by atoms with Crippen LogP contribution >= 0.6 is 0 Å². The Balaban J connectivity index is 2.02. The molecular formula is C18H27N3O6S. The van der Waals surface area contributed by atoms with E-state index in [1.54, 1.807) is 12.1 Å². The van der Waals surface area contributed by atoms with Crippen LogP contribution in [0.4, 0.5) is 0 Å². The number of benzene rings is 1. The maximum Gasteiger partial charge on any atom is 0.309 e. The van der Waals surface area contributed by atoms with Crippen LogP contribution in [0.15, 0.2) is 29.2 Å². The molecule has 0 radical (unpaired) electrons. The molecule has 1 saturated heterocycles. The van der Waals surface area contributed by atoms with E-state index in [1.807, 2.05) is 6.92 Å². The Morgan fingerprint density at radius 1 is 1.21 bits per heavy atom. The van der Waals surface area contributed by atoms with Gasteiger partial charge in [-0.05, 0) is 37.1 Å². The summed E-state index contributed by atoms with van der Waals surface area (Å²) in [4.78, 5) is 23.8. The van der Waals surface area contributed by atoms with Gasteiger partial charge in [0.1, 0.15) is 12.0 Å². The van der Waals surface area contributed by atoms with Gasteiger partial charge in [0.15, 0.2) is 0 Å². The number of sulfonamides is 1. The molecule has 0 aliphatic carbocycles. The van der Waals surface area contributed by atoms with Crippen LogP contribution in [0.25, 0.3) is 0 Å². The summed E-state index contributed by atoms with van der Waals surface area (Å²) in [5.41, 5.74) is 0. The molecule has 28 heavy (non-hydrogen) atoms. The van der Waals surface area contributed by atoms with E-state index >= 15 is 0 Å². The van der Waals surface area contributed by atoms with Gasteiger partial charge in [-0.1, -0.05) is 13.3 Å². The maximum absolute atomic E-state index is 13.0. The molecule has 1 aliphatic rings. The first-order valence-corrected chi connectivity index (χ1v) is 10.7. The van der Waals surface area contributed by atoms with Gasteiger partial charge < -0.3 is 20.1 Å². The molecule has 0 saturated carbocycles. The highest BCUT2D eigenvalue weighted by molar-refractivity contribution is 7.89. The smallest absolute Gasteiger partial charge is 0.309 e. The lowest BCUT2D eigenvalue weighted by Crippen LogP contribution is -2.53. The average molecular weight is 413 g/mol. The van der Waals surface area contributed by atoms with Gasteiger partial charge >= 0.3 is 11.8 Å². The number of unbranched alkanes of at least 4 members (excludes halogenated alkanes) is 1. The number of methoxy groups -OCH3 is 1. The fourth-order valence-corrected chi connectivity index (χ4v) is 4.27. The number of carbonyl (C=O) groups is 2. The number of rotatable bonds is 8. The first kappa shape index (κ1) is 22.1. The van der Waals surface area contributed by atoms with Gasteiger partial charge in [-0.25, -0.2) is 8.42 Å². The van der Waals surface area contributed by atoms with E-state index in [0.29, 0.717) is 25.3 Å². The van der Waals surface area contributed by atoms with Crippen molar-refractivity contribution in [3.63, 3.8) is 0 Å². The number of nitrogens with one attached hydrogen (secondary N) is 2. The van der Waals surface area contributed by atoms with Gasteiger partial charge in [0, 0.05) is 13.1 Å². The van der Waals surface area contributed by atoms with Crippen molar-refractivity contribution in [3.8, 4) is 5.75 Å². The van der Waals surface area contributed by atoms with Crippen LogP contribution in [0, 0.1) is 0 Å². The Morgan fingerprint density at radius 3 is 2.54 bits per heavy atom. The van der Waals surface area contributed by atoms with E-state index < -0.39 is 28.1 Å². The number of hydrogen-bond donors (Lipinski definition) is 2. The molecule has 1 aliphatic heterocycles. The van der Waals surface area contributed by atoms with Crippen molar-refractivity contribution in [2.45, 2.75) is 37.3 Å². The van der Waals surface area contributed by atoms with Crippen LogP contribution in [-0.4, -0.2) is 64.1 Å². The van der Waals surface area contributed by atoms with E-state index in [2.05, 4.69) is 10.6 Å². The fourth-order valence-electron chi connectivity index (χ4n) is 2.70. The second kappa shape index (κ2) is 10.4. The summed E-state index contributed by atoms with van der Waals surface area (Å²) < 4.78 is 37.7. The number of ether oxygens (including phenoxy) is 2. The first-order chi connectivity index (χ1) is 13.4. The topological polar surface area (TPSA) is 114 Å². The minimum Gasteiger partial charge on any atom is -0.497 e. The van der Waals surface area contributed by atoms with E-state index in [-0.39, 0.29) is 18.0 Å². The van der Waals surface area contributed by atoms with Crippen LogP contribution in [0.1, 0.15) is 26.2 Å². The zero-order valence-electron chi connectivity index (χ0n) is 16.1. The molecule has 1 aromatic carbocycles. The normalized spacial score (nSPS) is 17.7. The standard InChI is InChI=1S/C18H27N3O6S/c1-3-4-10-19-17(22)18(23)20-13-16-21(11-5-12-27-16)28(24,25)15-8-6-14(26-2)7-9-15/h6-9,16H,3-5,10-13H2,1-2H3,(H,19,22)(H,20,23)/t16-/m1/s1. The molecule has 0 aromatic heterocycles. The summed E-state index contributed by atoms with van der Waals surface area (Å²) >= 11 is 0. The Morgan fingerprint density at radius 2 is 1.89 bits per heavy atom. The number of amides is 2. The second-order valence-corrected chi connectivity index (χ2v) is 8.18. The summed E-state index contributed by atoms with van der Waals surface area (Å²) in [6, 6.07) is 6.05.